The molecule has 4 rings (SSSR count). The Morgan fingerprint density at radius 1 is 1.18 bits per heavy atom. The number of aliphatic imine (C=N–C) groups is 1. The second-order valence-corrected chi connectivity index (χ2v) is 14.6. The summed E-state index contributed by atoms with van der Waals surface area (Å²) in [5.74, 6) is -3.66. The normalized spacial score (nSPS) is 22.7. The first-order valence-corrected chi connectivity index (χ1v) is 15.4. The lowest BCUT2D eigenvalue weighted by Gasteiger charge is -2.33. The fourth-order valence-electron chi connectivity index (χ4n) is 4.84. The van der Waals surface area contributed by atoms with Crippen molar-refractivity contribution < 1.29 is 30.8 Å². The first-order valence-electron chi connectivity index (χ1n) is 11.6. The minimum Gasteiger partial charge on any atom is -0.327 e. The molecule has 1 fully saturated rings. The van der Waals surface area contributed by atoms with Crippen molar-refractivity contribution in [1.82, 2.24) is 4.90 Å². The molecule has 1 amide bonds. The summed E-state index contributed by atoms with van der Waals surface area (Å²) in [6.45, 7) is 5.10. The molecule has 2 aromatic carbocycles. The van der Waals surface area contributed by atoms with Crippen LogP contribution in [0.5, 0.6) is 0 Å². The minimum atomic E-state index is -4.49. The first kappa shape index (κ1) is 28.7. The highest BCUT2D eigenvalue weighted by molar-refractivity contribution is 7.93. The lowest BCUT2D eigenvalue weighted by atomic mass is 9.81. The number of Topliss-reactive ketones (excluding diaryl/α,β-unsaturated/α-hetero) is 1. The number of carbonyl (C=O) groups is 2. The van der Waals surface area contributed by atoms with Crippen LogP contribution in [0.3, 0.4) is 0 Å². The Morgan fingerprint density at radius 2 is 1.85 bits per heavy atom. The maximum absolute atomic E-state index is 13.8. The average Bonchev–Trinajstić information content (AvgIpc) is 3.04. The van der Waals surface area contributed by atoms with Crippen LogP contribution in [0.2, 0.25) is 5.02 Å². The van der Waals surface area contributed by atoms with E-state index < -0.39 is 70.6 Å². The van der Waals surface area contributed by atoms with E-state index in [4.69, 9.17) is 11.6 Å². The molecule has 3 atom stereocenters. The Kier molecular flexibility index (Phi) is 7.12. The lowest BCUT2D eigenvalue weighted by molar-refractivity contribution is -0.132. The van der Waals surface area contributed by atoms with Gasteiger partial charge in [-0.25, -0.2) is 21.2 Å². The Bertz CT molecular complexity index is 1690. The number of anilines is 1. The molecule has 10 nitrogen and oxygen atoms in total. The summed E-state index contributed by atoms with van der Waals surface area (Å²) in [5, 5.41) is 7.76. The highest BCUT2D eigenvalue weighted by Gasteiger charge is 2.57. The van der Waals surface area contributed by atoms with Gasteiger partial charge in [-0.1, -0.05) is 38.4 Å². The zero-order chi connectivity index (χ0) is 29.1. The van der Waals surface area contributed by atoms with Crippen molar-refractivity contribution in [2.24, 2.45) is 16.3 Å². The third-order valence-corrected chi connectivity index (χ3v) is 9.17. The molecule has 1 saturated heterocycles. The molecule has 0 spiro atoms. The first-order chi connectivity index (χ1) is 18.0. The Hall–Kier alpha value is -3.34. The molecule has 2 heterocycles. The average molecular weight is 595 g/mol. The number of rotatable bonds is 5. The number of likely N-dealkylation sites (tertiary alicyclic amines) is 1. The Labute approximate surface area is 230 Å². The van der Waals surface area contributed by atoms with Gasteiger partial charge in [0, 0.05) is 12.2 Å². The van der Waals surface area contributed by atoms with E-state index in [1.54, 1.807) is 26.8 Å². The van der Waals surface area contributed by atoms with Crippen LogP contribution in [-0.4, -0.2) is 56.7 Å². The third-order valence-electron chi connectivity index (χ3n) is 6.36. The number of sulfone groups is 1. The van der Waals surface area contributed by atoms with Gasteiger partial charge >= 0.3 is 0 Å². The van der Waals surface area contributed by atoms with Crippen molar-refractivity contribution in [2.45, 2.75) is 43.5 Å². The number of fused-ring (bicyclic) bond motifs is 1. The minimum absolute atomic E-state index is 0.0554. The zero-order valence-corrected chi connectivity index (χ0v) is 23.7. The summed E-state index contributed by atoms with van der Waals surface area (Å²) in [5.41, 5.74) is -0.945. The van der Waals surface area contributed by atoms with E-state index >= 15 is 0 Å². The second kappa shape index (κ2) is 9.69. The second-order valence-electron chi connectivity index (χ2n) is 10.5. The molecule has 14 heteroatoms. The van der Waals surface area contributed by atoms with Gasteiger partial charge in [-0.2, -0.15) is 5.26 Å². The molecular weight excluding hydrogens is 571 g/mol. The van der Waals surface area contributed by atoms with Gasteiger partial charge in [0.1, 0.15) is 11.7 Å². The van der Waals surface area contributed by atoms with Crippen molar-refractivity contribution in [2.75, 3.05) is 11.0 Å². The smallest absolute Gasteiger partial charge is 0.240 e. The van der Waals surface area contributed by atoms with Crippen molar-refractivity contribution in [3.8, 4) is 6.07 Å². The fourth-order valence-corrected chi connectivity index (χ4v) is 7.20. The monoisotopic (exact) mass is 594 g/mol. The molecule has 2 unspecified atom stereocenters. The standard InChI is InChI=1S/C25H24ClFN4O6S2/c1-25(2,3)23-22(32)20(24(33)31(23)12-13-5-7-16(27)15(26)9-13)21-19(11-28)39(36,37)18-10-14(30-38(4,34)35)6-8-17(18)29-21/h5-10,19-20,23,30H,12H2,1-4H3/t19?,20?,23-/m1/s1. The fraction of sp³-hybridized carbons (Fsp3) is 0.360. The number of carbonyl (C=O) groups excluding carboxylic acids is 2. The molecule has 0 bridgehead atoms. The molecule has 0 radical (unpaired) electrons. The molecule has 2 aliphatic heterocycles. The number of nitriles is 1. The van der Waals surface area contributed by atoms with Crippen LogP contribution in [0, 0.1) is 28.5 Å². The number of hydrogen-bond acceptors (Lipinski definition) is 8. The van der Waals surface area contributed by atoms with Gasteiger partial charge in [0.2, 0.25) is 25.8 Å². The van der Waals surface area contributed by atoms with Gasteiger partial charge in [0.15, 0.2) is 11.0 Å². The van der Waals surface area contributed by atoms with Crippen LogP contribution in [0.4, 0.5) is 15.8 Å². The SMILES string of the molecule is CC(C)(C)[C@H]1C(=O)C(C2=Nc3ccc(NS(C)(=O)=O)cc3S(=O)(=O)C2C#N)C(=O)N1Cc1ccc(F)c(Cl)c1. The van der Waals surface area contributed by atoms with E-state index in [9.17, 15) is 36.1 Å². The number of amides is 1. The molecule has 2 aliphatic rings. The van der Waals surface area contributed by atoms with E-state index in [1.807, 2.05) is 0 Å². The van der Waals surface area contributed by atoms with Crippen molar-refractivity contribution in [3.05, 3.63) is 52.8 Å². The Morgan fingerprint density at radius 3 is 2.41 bits per heavy atom. The van der Waals surface area contributed by atoms with Gasteiger partial charge in [-0.15, -0.1) is 0 Å². The van der Waals surface area contributed by atoms with Gasteiger partial charge < -0.3 is 4.90 Å². The molecule has 0 saturated carbocycles. The Balaban J connectivity index is 1.83. The number of benzene rings is 2. The largest absolute Gasteiger partial charge is 0.327 e. The molecular formula is C25H24ClFN4O6S2. The number of hydrogen-bond donors (Lipinski definition) is 1. The summed E-state index contributed by atoms with van der Waals surface area (Å²) < 4.78 is 66.1. The lowest BCUT2D eigenvalue weighted by Crippen LogP contribution is -2.44. The van der Waals surface area contributed by atoms with E-state index in [2.05, 4.69) is 9.71 Å². The summed E-state index contributed by atoms with van der Waals surface area (Å²) in [4.78, 5) is 32.7. The van der Waals surface area contributed by atoms with Crippen molar-refractivity contribution in [1.29, 1.82) is 5.26 Å². The van der Waals surface area contributed by atoms with Crippen LogP contribution in [0.25, 0.3) is 0 Å². The predicted molar refractivity (Wildman–Crippen MR) is 142 cm³/mol. The predicted octanol–water partition coefficient (Wildman–Crippen LogP) is 3.24. The van der Waals surface area contributed by atoms with Crippen molar-refractivity contribution >= 4 is 60.2 Å². The van der Waals surface area contributed by atoms with Crippen LogP contribution in [0.15, 0.2) is 46.3 Å². The van der Waals surface area contributed by atoms with Gasteiger partial charge in [-0.05, 0) is 41.3 Å². The molecule has 2 aromatic rings. The summed E-state index contributed by atoms with van der Waals surface area (Å²) in [6, 6.07) is 8.10. The number of ketones is 1. The highest BCUT2D eigenvalue weighted by Crippen LogP contribution is 2.41. The van der Waals surface area contributed by atoms with E-state index in [1.165, 1.54) is 29.2 Å². The van der Waals surface area contributed by atoms with E-state index in [0.717, 1.165) is 18.4 Å². The maximum Gasteiger partial charge on any atom is 0.240 e. The quantitative estimate of drug-likeness (QED) is 0.521. The summed E-state index contributed by atoms with van der Waals surface area (Å²) in [7, 11) is -8.22. The molecule has 39 heavy (non-hydrogen) atoms. The van der Waals surface area contributed by atoms with Crippen LogP contribution >= 0.6 is 11.6 Å². The molecule has 0 aromatic heterocycles. The maximum atomic E-state index is 13.8. The van der Waals surface area contributed by atoms with Crippen LogP contribution in [-0.2, 0) is 36.0 Å². The number of halogens is 2. The van der Waals surface area contributed by atoms with E-state index in [0.29, 0.717) is 5.56 Å². The summed E-state index contributed by atoms with van der Waals surface area (Å²) in [6.07, 6.45) is 0.893. The number of nitrogens with zero attached hydrogens (tertiary/aromatic N) is 3. The van der Waals surface area contributed by atoms with Gasteiger partial charge in [0.05, 0.1) is 39.7 Å². The van der Waals surface area contributed by atoms with E-state index in [-0.39, 0.29) is 22.9 Å². The highest BCUT2D eigenvalue weighted by atomic mass is 35.5. The molecule has 206 valence electrons. The number of sulfonamides is 1. The van der Waals surface area contributed by atoms with Crippen molar-refractivity contribution in [3.63, 3.8) is 0 Å². The van der Waals surface area contributed by atoms with Gasteiger partial charge in [-0.3, -0.25) is 19.3 Å². The van der Waals surface area contributed by atoms with Gasteiger partial charge in [0.25, 0.3) is 0 Å². The van der Waals surface area contributed by atoms with Crippen LogP contribution in [0.1, 0.15) is 26.3 Å². The third kappa shape index (κ3) is 5.28. The molecule has 1 N–H and O–H groups in total. The number of nitrogens with one attached hydrogen (secondary N) is 1. The molecule has 0 aliphatic carbocycles. The summed E-state index contributed by atoms with van der Waals surface area (Å²) >= 11 is 5.90. The van der Waals surface area contributed by atoms with Crippen LogP contribution < -0.4 is 4.72 Å². The zero-order valence-electron chi connectivity index (χ0n) is 21.3. The topological polar surface area (TPSA) is 154 Å².